The van der Waals surface area contributed by atoms with Crippen LogP contribution in [0.4, 0.5) is 0 Å². The maximum Gasteiger partial charge on any atom is 0.221 e. The third-order valence-corrected chi connectivity index (χ3v) is 3.88. The molecule has 0 unspecified atom stereocenters. The Labute approximate surface area is 87.0 Å². The van der Waals surface area contributed by atoms with E-state index in [4.69, 9.17) is 9.47 Å². The van der Waals surface area contributed by atoms with Crippen molar-refractivity contribution in [1.29, 1.82) is 0 Å². The van der Waals surface area contributed by atoms with Crippen LogP contribution in [0.5, 0.6) is 0 Å². The van der Waals surface area contributed by atoms with Crippen molar-refractivity contribution in [3.63, 3.8) is 0 Å². The molecule has 0 rings (SSSR count). The van der Waals surface area contributed by atoms with E-state index in [1.54, 1.807) is 7.11 Å². The van der Waals surface area contributed by atoms with E-state index in [0.717, 1.165) is 0 Å². The van der Waals surface area contributed by atoms with Crippen LogP contribution in [0.25, 0.3) is 0 Å². The lowest BCUT2D eigenvalue weighted by Crippen LogP contribution is -2.28. The van der Waals surface area contributed by atoms with Gasteiger partial charge in [0.25, 0.3) is 0 Å². The van der Waals surface area contributed by atoms with Gasteiger partial charge in [0.05, 0.1) is 19.8 Å². The molecule has 0 bridgehead atoms. The highest BCUT2D eigenvalue weighted by Crippen LogP contribution is 1.89. The van der Waals surface area contributed by atoms with Crippen LogP contribution in [0, 0.1) is 0 Å². The maximum atomic E-state index is 10.8. The molecule has 7 heteroatoms. The van der Waals surface area contributed by atoms with Crippen molar-refractivity contribution < 1.29 is 17.9 Å². The van der Waals surface area contributed by atoms with E-state index in [2.05, 4.69) is 20.7 Å². The molecule has 13 heavy (non-hydrogen) atoms. The normalized spacial score (nSPS) is 11.8. The van der Waals surface area contributed by atoms with Gasteiger partial charge >= 0.3 is 0 Å². The molecule has 80 valence electrons. The monoisotopic (exact) mass is 275 g/mol. The maximum absolute atomic E-state index is 10.8. The van der Waals surface area contributed by atoms with Crippen molar-refractivity contribution in [2.45, 2.75) is 0 Å². The van der Waals surface area contributed by atoms with Crippen molar-refractivity contribution in [3.05, 3.63) is 0 Å². The molecule has 0 amide bonds. The molecule has 0 radical (unpaired) electrons. The first-order valence-corrected chi connectivity index (χ1v) is 6.49. The van der Waals surface area contributed by atoms with E-state index in [0.29, 0.717) is 19.8 Å². The van der Waals surface area contributed by atoms with E-state index in [-0.39, 0.29) is 11.2 Å². The molecular weight excluding hydrogens is 262 g/mol. The molecule has 0 aliphatic carbocycles. The van der Waals surface area contributed by atoms with Crippen LogP contribution < -0.4 is 4.72 Å². The zero-order chi connectivity index (χ0) is 10.2. The van der Waals surface area contributed by atoms with Gasteiger partial charge in [0.15, 0.2) is 0 Å². The molecule has 0 aromatic heterocycles. The minimum Gasteiger partial charge on any atom is -0.382 e. The van der Waals surface area contributed by atoms with Crippen LogP contribution >= 0.6 is 15.9 Å². The second-order valence-corrected chi connectivity index (χ2v) is 5.33. The van der Waals surface area contributed by atoms with E-state index in [9.17, 15) is 8.42 Å². The number of nitrogens with one attached hydrogen (secondary N) is 1. The molecular formula is C6H14BrNO4S. The molecule has 0 aliphatic rings. The Morgan fingerprint density at radius 3 is 2.54 bits per heavy atom. The Hall–Kier alpha value is 0.310. The highest BCUT2D eigenvalue weighted by atomic mass is 79.9. The van der Waals surface area contributed by atoms with Gasteiger partial charge < -0.3 is 9.47 Å². The molecule has 0 heterocycles. The summed E-state index contributed by atoms with van der Waals surface area (Å²) in [5.74, 6) is 0. The summed E-state index contributed by atoms with van der Waals surface area (Å²) in [6.07, 6.45) is 0. The average molecular weight is 276 g/mol. The third kappa shape index (κ3) is 8.63. The Bertz CT molecular complexity index is 207. The summed E-state index contributed by atoms with van der Waals surface area (Å²) < 4.78 is 33.7. The van der Waals surface area contributed by atoms with Gasteiger partial charge in [-0.15, -0.1) is 0 Å². The number of ether oxygens (including phenoxy) is 2. The Balaban J connectivity index is 3.26. The van der Waals surface area contributed by atoms with Gasteiger partial charge in [-0.1, -0.05) is 15.9 Å². The molecule has 0 aromatic carbocycles. The molecule has 0 saturated carbocycles. The lowest BCUT2D eigenvalue weighted by molar-refractivity contribution is 0.0736. The van der Waals surface area contributed by atoms with Gasteiger partial charge in [0.1, 0.15) is 4.66 Å². The summed E-state index contributed by atoms with van der Waals surface area (Å²) >= 11 is 2.85. The second-order valence-electron chi connectivity index (χ2n) is 2.22. The molecule has 0 atom stereocenters. The summed E-state index contributed by atoms with van der Waals surface area (Å²) in [5, 5.41) is 0. The van der Waals surface area contributed by atoms with Crippen LogP contribution in [0.2, 0.25) is 0 Å². The standard InChI is InChI=1S/C6H14BrNO4S/c1-11-4-5-12-3-2-8-13(9,10)6-7/h8H,2-6H2,1H3. The fraction of sp³-hybridized carbons (Fsp3) is 1.00. The molecule has 0 spiro atoms. The van der Waals surface area contributed by atoms with Gasteiger partial charge in [0.2, 0.25) is 10.0 Å². The number of rotatable bonds is 8. The number of alkyl halides is 1. The van der Waals surface area contributed by atoms with Crippen molar-refractivity contribution in [1.82, 2.24) is 4.72 Å². The summed E-state index contributed by atoms with van der Waals surface area (Å²) in [7, 11) is -1.58. The largest absolute Gasteiger partial charge is 0.382 e. The fourth-order valence-electron chi connectivity index (χ4n) is 0.552. The van der Waals surface area contributed by atoms with Gasteiger partial charge in [-0.2, -0.15) is 0 Å². The first-order chi connectivity index (χ1) is 6.12. The van der Waals surface area contributed by atoms with Crippen LogP contribution in [0.3, 0.4) is 0 Å². The zero-order valence-corrected chi connectivity index (χ0v) is 9.86. The predicted molar refractivity (Wildman–Crippen MR) is 53.4 cm³/mol. The van der Waals surface area contributed by atoms with Crippen molar-refractivity contribution in [3.8, 4) is 0 Å². The minimum atomic E-state index is -3.16. The minimum absolute atomic E-state index is 0.0852. The van der Waals surface area contributed by atoms with Crippen LogP contribution in [0.1, 0.15) is 0 Å². The summed E-state index contributed by atoms with van der Waals surface area (Å²) in [5.41, 5.74) is 0. The summed E-state index contributed by atoms with van der Waals surface area (Å²) in [4.78, 5) is 0. The smallest absolute Gasteiger partial charge is 0.221 e. The Morgan fingerprint density at radius 2 is 2.00 bits per heavy atom. The highest BCUT2D eigenvalue weighted by Gasteiger charge is 2.04. The number of sulfonamides is 1. The van der Waals surface area contributed by atoms with Crippen molar-refractivity contribution in [2.75, 3.05) is 38.1 Å². The number of methoxy groups -OCH3 is 1. The average Bonchev–Trinajstić information content (AvgIpc) is 2.11. The predicted octanol–water partition coefficient (Wildman–Crippen LogP) is -0.0788. The zero-order valence-electron chi connectivity index (χ0n) is 7.45. The van der Waals surface area contributed by atoms with Gasteiger partial charge in [-0.05, 0) is 0 Å². The Kier molecular flexibility index (Phi) is 7.87. The topological polar surface area (TPSA) is 64.6 Å². The van der Waals surface area contributed by atoms with Crippen LogP contribution in [-0.2, 0) is 19.5 Å². The van der Waals surface area contributed by atoms with Crippen molar-refractivity contribution in [2.24, 2.45) is 0 Å². The number of hydrogen-bond acceptors (Lipinski definition) is 4. The lowest BCUT2D eigenvalue weighted by Gasteiger charge is -2.04. The molecule has 1 N–H and O–H groups in total. The SMILES string of the molecule is COCCOCCNS(=O)(=O)CBr. The van der Waals surface area contributed by atoms with Crippen molar-refractivity contribution >= 4 is 26.0 Å². The first-order valence-electron chi connectivity index (χ1n) is 3.72. The van der Waals surface area contributed by atoms with E-state index in [1.807, 2.05) is 0 Å². The molecule has 0 saturated heterocycles. The molecule has 5 nitrogen and oxygen atoms in total. The fourth-order valence-corrected chi connectivity index (χ4v) is 1.51. The van der Waals surface area contributed by atoms with E-state index >= 15 is 0 Å². The van der Waals surface area contributed by atoms with Crippen LogP contribution in [-0.4, -0.2) is 46.6 Å². The number of hydrogen-bond donors (Lipinski definition) is 1. The van der Waals surface area contributed by atoms with E-state index < -0.39 is 10.0 Å². The summed E-state index contributed by atoms with van der Waals surface area (Å²) in [6.45, 7) is 1.64. The number of halogens is 1. The Morgan fingerprint density at radius 1 is 1.31 bits per heavy atom. The second kappa shape index (κ2) is 7.69. The third-order valence-electron chi connectivity index (χ3n) is 1.14. The van der Waals surface area contributed by atoms with Crippen LogP contribution in [0.15, 0.2) is 0 Å². The molecule has 0 fully saturated rings. The van der Waals surface area contributed by atoms with Gasteiger partial charge in [-0.25, -0.2) is 13.1 Å². The molecule has 0 aliphatic heterocycles. The highest BCUT2D eigenvalue weighted by molar-refractivity contribution is 9.10. The van der Waals surface area contributed by atoms with Gasteiger partial charge in [0, 0.05) is 13.7 Å². The quantitative estimate of drug-likeness (QED) is 0.497. The van der Waals surface area contributed by atoms with Gasteiger partial charge in [-0.3, -0.25) is 0 Å². The first kappa shape index (κ1) is 13.3. The van der Waals surface area contributed by atoms with E-state index in [1.165, 1.54) is 0 Å². The lowest BCUT2D eigenvalue weighted by atomic mass is 10.7. The molecule has 0 aromatic rings. The summed E-state index contributed by atoms with van der Waals surface area (Å²) in [6, 6.07) is 0.